The molecule has 0 spiro atoms. The van der Waals surface area contributed by atoms with Crippen LogP contribution in [0, 0.1) is 5.92 Å². The van der Waals surface area contributed by atoms with Crippen molar-refractivity contribution in [1.82, 2.24) is 15.3 Å². The predicted octanol–water partition coefficient (Wildman–Crippen LogP) is 7.39. The lowest BCUT2D eigenvalue weighted by Gasteiger charge is -2.29. The summed E-state index contributed by atoms with van der Waals surface area (Å²) in [5.74, 6) is 2.19. The molecular weight excluding hydrogens is 482 g/mol. The number of hydrogen-bond acceptors (Lipinski definition) is 5. The van der Waals surface area contributed by atoms with Gasteiger partial charge >= 0.3 is 0 Å². The quantitative estimate of drug-likeness (QED) is 0.213. The van der Waals surface area contributed by atoms with E-state index in [1.165, 1.54) is 50.5 Å². The lowest BCUT2D eigenvalue weighted by atomic mass is 9.86. The van der Waals surface area contributed by atoms with Crippen molar-refractivity contribution in [1.29, 1.82) is 0 Å². The molecule has 0 bridgehead atoms. The average molecular weight is 530 g/mol. The topological polar surface area (TPSA) is 70.2 Å². The zero-order chi connectivity index (χ0) is 27.5. The van der Waals surface area contributed by atoms with E-state index < -0.39 is 0 Å². The summed E-state index contributed by atoms with van der Waals surface area (Å²) < 4.78 is 0. The summed E-state index contributed by atoms with van der Waals surface area (Å²) in [6.45, 7) is 3.00. The van der Waals surface area contributed by atoms with E-state index in [1.54, 1.807) is 0 Å². The van der Waals surface area contributed by atoms with Gasteiger partial charge in [0.25, 0.3) is 5.91 Å². The van der Waals surface area contributed by atoms with E-state index in [0.29, 0.717) is 17.9 Å². The number of carbonyl (C=O) groups excluding carboxylic acids is 1. The number of aromatic nitrogens is 2. The molecular formula is C33H47N5O. The molecule has 210 valence electrons. The number of amides is 1. The van der Waals surface area contributed by atoms with Crippen LogP contribution in [0.3, 0.4) is 0 Å². The first-order valence-electron chi connectivity index (χ1n) is 15.1. The van der Waals surface area contributed by atoms with Crippen LogP contribution >= 0.6 is 0 Å². The van der Waals surface area contributed by atoms with Gasteiger partial charge in [-0.1, -0.05) is 69.7 Å². The van der Waals surface area contributed by atoms with Gasteiger partial charge < -0.3 is 15.5 Å². The van der Waals surface area contributed by atoms with Gasteiger partial charge in [-0.3, -0.25) is 4.79 Å². The Hall–Kier alpha value is -3.15. The average Bonchev–Trinajstić information content (AvgIpc) is 2.96. The second kappa shape index (κ2) is 14.9. The number of fused-ring (bicyclic) bond motifs is 1. The highest BCUT2D eigenvalue weighted by Gasteiger charge is 2.23. The molecule has 0 aliphatic heterocycles. The van der Waals surface area contributed by atoms with Crippen molar-refractivity contribution in [3.63, 3.8) is 0 Å². The number of unbranched alkanes of at least 4 members (excludes halogenated alkanes) is 6. The molecule has 39 heavy (non-hydrogen) atoms. The molecule has 6 nitrogen and oxygen atoms in total. The summed E-state index contributed by atoms with van der Waals surface area (Å²) in [5.41, 5.74) is 3.05. The Balaban J connectivity index is 1.17. The number of carbonyl (C=O) groups is 1. The monoisotopic (exact) mass is 529 g/mol. The SMILES string of the molecule is CCCCCCCCCc1ccc(C(=O)NC[C@H]2CC[C@@H](Nc3nc(N(C)C)c4ccccc4n3)CC2)cc1. The Morgan fingerprint density at radius 1 is 0.872 bits per heavy atom. The Bertz CT molecular complexity index is 1170. The maximum absolute atomic E-state index is 12.7. The van der Waals surface area contributed by atoms with E-state index in [0.717, 1.165) is 60.9 Å². The highest BCUT2D eigenvalue weighted by molar-refractivity contribution is 5.94. The van der Waals surface area contributed by atoms with E-state index in [9.17, 15) is 4.79 Å². The number of nitrogens with one attached hydrogen (secondary N) is 2. The molecule has 0 radical (unpaired) electrons. The summed E-state index contributed by atoms with van der Waals surface area (Å²) in [5, 5.41) is 7.82. The third-order valence-corrected chi connectivity index (χ3v) is 8.02. The third kappa shape index (κ3) is 8.67. The van der Waals surface area contributed by atoms with Gasteiger partial charge in [0.15, 0.2) is 0 Å². The van der Waals surface area contributed by atoms with Crippen LogP contribution in [-0.4, -0.2) is 42.6 Å². The molecule has 1 heterocycles. The normalized spacial score (nSPS) is 17.2. The molecule has 3 aromatic rings. The van der Waals surface area contributed by atoms with Crippen molar-refractivity contribution in [3.05, 3.63) is 59.7 Å². The summed E-state index contributed by atoms with van der Waals surface area (Å²) in [4.78, 5) is 24.3. The van der Waals surface area contributed by atoms with E-state index in [4.69, 9.17) is 9.97 Å². The predicted molar refractivity (Wildman–Crippen MR) is 164 cm³/mol. The first-order chi connectivity index (χ1) is 19.0. The van der Waals surface area contributed by atoms with Crippen molar-refractivity contribution in [2.45, 2.75) is 90.0 Å². The summed E-state index contributed by atoms with van der Waals surface area (Å²) >= 11 is 0. The van der Waals surface area contributed by atoms with Crippen LogP contribution < -0.4 is 15.5 Å². The molecule has 2 N–H and O–H groups in total. The number of aryl methyl sites for hydroxylation is 1. The molecule has 0 saturated heterocycles. The van der Waals surface area contributed by atoms with Gasteiger partial charge in [0.05, 0.1) is 5.52 Å². The second-order valence-corrected chi connectivity index (χ2v) is 11.4. The third-order valence-electron chi connectivity index (χ3n) is 8.02. The maximum Gasteiger partial charge on any atom is 0.251 e. The zero-order valence-corrected chi connectivity index (χ0v) is 24.2. The minimum Gasteiger partial charge on any atom is -0.362 e. The van der Waals surface area contributed by atoms with Gasteiger partial charge in [0.1, 0.15) is 5.82 Å². The minimum absolute atomic E-state index is 0.0403. The van der Waals surface area contributed by atoms with Crippen molar-refractivity contribution in [3.8, 4) is 0 Å². The first-order valence-corrected chi connectivity index (χ1v) is 15.1. The molecule has 1 fully saturated rings. The van der Waals surface area contributed by atoms with Gasteiger partial charge in [-0.2, -0.15) is 4.98 Å². The molecule has 1 saturated carbocycles. The standard InChI is InChI=1S/C33H47N5O/c1-4-5-6-7-8-9-10-13-25-16-20-27(21-17-25)32(39)34-24-26-18-22-28(23-19-26)35-33-36-30-15-12-11-14-29(30)31(37-33)38(2)3/h11-12,14-17,20-21,26,28H,4-10,13,18-19,22-24H2,1-3H3,(H,34,39)(H,35,36,37)/t26-,28+. The van der Waals surface area contributed by atoms with E-state index in [-0.39, 0.29) is 5.91 Å². The van der Waals surface area contributed by atoms with Gasteiger partial charge in [-0.05, 0) is 74.3 Å². The Kier molecular flexibility index (Phi) is 11.0. The summed E-state index contributed by atoms with van der Waals surface area (Å²) in [6, 6.07) is 16.7. The van der Waals surface area contributed by atoms with Gasteiger partial charge in [0.2, 0.25) is 5.95 Å². The molecule has 1 aliphatic carbocycles. The molecule has 0 atom stereocenters. The van der Waals surface area contributed by atoms with Gasteiger partial charge in [-0.15, -0.1) is 0 Å². The van der Waals surface area contributed by atoms with Crippen LogP contribution in [0.2, 0.25) is 0 Å². The zero-order valence-electron chi connectivity index (χ0n) is 24.2. The second-order valence-electron chi connectivity index (χ2n) is 11.4. The highest BCUT2D eigenvalue weighted by atomic mass is 16.1. The molecule has 1 aliphatic rings. The molecule has 0 unspecified atom stereocenters. The van der Waals surface area contributed by atoms with Crippen molar-refractivity contribution in [2.75, 3.05) is 30.9 Å². The van der Waals surface area contributed by atoms with Crippen molar-refractivity contribution in [2.24, 2.45) is 5.92 Å². The molecule has 6 heteroatoms. The van der Waals surface area contributed by atoms with Gasteiger partial charge in [-0.25, -0.2) is 4.98 Å². The molecule has 1 amide bonds. The number of anilines is 2. The van der Waals surface area contributed by atoms with Crippen molar-refractivity contribution >= 4 is 28.6 Å². The molecule has 1 aromatic heterocycles. The summed E-state index contributed by atoms with van der Waals surface area (Å²) in [6.07, 6.45) is 14.7. The van der Waals surface area contributed by atoms with Crippen LogP contribution in [0.5, 0.6) is 0 Å². The van der Waals surface area contributed by atoms with Crippen LogP contribution in [-0.2, 0) is 6.42 Å². The van der Waals surface area contributed by atoms with E-state index >= 15 is 0 Å². The lowest BCUT2D eigenvalue weighted by Crippen LogP contribution is -2.34. The Morgan fingerprint density at radius 3 is 2.28 bits per heavy atom. The largest absolute Gasteiger partial charge is 0.362 e. The number of para-hydroxylation sites is 1. The van der Waals surface area contributed by atoms with Crippen LogP contribution in [0.15, 0.2) is 48.5 Å². The molecule has 2 aromatic carbocycles. The smallest absolute Gasteiger partial charge is 0.251 e. The minimum atomic E-state index is 0.0403. The fourth-order valence-electron chi connectivity index (χ4n) is 5.61. The van der Waals surface area contributed by atoms with Crippen molar-refractivity contribution < 1.29 is 4.79 Å². The number of hydrogen-bond donors (Lipinski definition) is 2. The number of rotatable bonds is 14. The lowest BCUT2D eigenvalue weighted by molar-refractivity contribution is 0.0943. The van der Waals surface area contributed by atoms with Crippen LogP contribution in [0.4, 0.5) is 11.8 Å². The van der Waals surface area contributed by atoms with Crippen LogP contribution in [0.25, 0.3) is 10.9 Å². The van der Waals surface area contributed by atoms with E-state index in [2.05, 4.69) is 35.8 Å². The van der Waals surface area contributed by atoms with Crippen LogP contribution in [0.1, 0.15) is 93.5 Å². The highest BCUT2D eigenvalue weighted by Crippen LogP contribution is 2.28. The van der Waals surface area contributed by atoms with Gasteiger partial charge in [0, 0.05) is 37.6 Å². The molecule has 4 rings (SSSR count). The van der Waals surface area contributed by atoms with E-state index in [1.807, 2.05) is 49.3 Å². The number of nitrogens with zero attached hydrogens (tertiary/aromatic N) is 3. The maximum atomic E-state index is 12.7. The fraction of sp³-hybridized carbons (Fsp3) is 0.545. The fourth-order valence-corrected chi connectivity index (χ4v) is 5.61. The Labute approximate surface area is 235 Å². The number of benzene rings is 2. The first kappa shape index (κ1) is 28.8. The summed E-state index contributed by atoms with van der Waals surface area (Å²) in [7, 11) is 4.04. The Morgan fingerprint density at radius 2 is 1.56 bits per heavy atom.